The quantitative estimate of drug-likeness (QED) is 0.428. The molecule has 6 rings (SSSR count). The number of rotatable bonds is 0. The Morgan fingerprint density at radius 2 is 1.80 bits per heavy atom. The van der Waals surface area contributed by atoms with Crippen LogP contribution in [0.1, 0.15) is 19.4 Å². The van der Waals surface area contributed by atoms with E-state index in [1.807, 2.05) is 12.4 Å². The first-order valence-corrected chi connectivity index (χ1v) is 8.55. The second kappa shape index (κ2) is 3.94. The molecule has 25 heavy (non-hydrogen) atoms. The van der Waals surface area contributed by atoms with Gasteiger partial charge in [-0.3, -0.25) is 13.5 Å². The summed E-state index contributed by atoms with van der Waals surface area (Å²) < 4.78 is 6.88. The Morgan fingerprint density at radius 1 is 0.960 bits per heavy atom. The molecule has 0 fully saturated rings. The minimum Gasteiger partial charge on any atom is -0.300 e. The SMILES string of the molecule is Cc1ccc2c3c1-c1nc4ccccc4n1C(C)(C)n3c1nccn21. The van der Waals surface area contributed by atoms with Gasteiger partial charge in [-0.2, -0.15) is 0 Å². The van der Waals surface area contributed by atoms with E-state index in [1.54, 1.807) is 0 Å². The van der Waals surface area contributed by atoms with Gasteiger partial charge in [0, 0.05) is 18.0 Å². The number of fused-ring (bicyclic) bond motifs is 7. The van der Waals surface area contributed by atoms with Crippen LogP contribution in [0.2, 0.25) is 0 Å². The van der Waals surface area contributed by atoms with Crippen LogP contribution >= 0.6 is 0 Å². The lowest BCUT2D eigenvalue weighted by Gasteiger charge is -2.36. The standard InChI is InChI=1S/C20H17N5/c1-12-8-9-15-17-16(12)18-22-13-6-4-5-7-14(13)24(18)20(2,3)25(17)19-21-10-11-23(15)19/h4-11H,1-3H3. The largest absolute Gasteiger partial charge is 0.300 e. The lowest BCUT2D eigenvalue weighted by molar-refractivity contribution is 0.314. The number of aromatic nitrogens is 5. The fourth-order valence-corrected chi connectivity index (χ4v) is 4.50. The van der Waals surface area contributed by atoms with Gasteiger partial charge < -0.3 is 0 Å². The van der Waals surface area contributed by atoms with Gasteiger partial charge in [0.05, 0.1) is 22.1 Å². The molecule has 0 amide bonds. The van der Waals surface area contributed by atoms with Gasteiger partial charge in [0.2, 0.25) is 5.78 Å². The van der Waals surface area contributed by atoms with Crippen molar-refractivity contribution in [3.8, 4) is 11.4 Å². The predicted molar refractivity (Wildman–Crippen MR) is 98.9 cm³/mol. The highest BCUT2D eigenvalue weighted by atomic mass is 15.4. The Kier molecular flexibility index (Phi) is 2.08. The van der Waals surface area contributed by atoms with Gasteiger partial charge in [-0.15, -0.1) is 0 Å². The van der Waals surface area contributed by atoms with Gasteiger partial charge in [-0.1, -0.05) is 18.2 Å². The smallest absolute Gasteiger partial charge is 0.216 e. The van der Waals surface area contributed by atoms with Crippen LogP contribution in [0.4, 0.5) is 0 Å². The Balaban J connectivity index is 1.96. The zero-order valence-electron chi connectivity index (χ0n) is 14.4. The topological polar surface area (TPSA) is 40.0 Å². The number of para-hydroxylation sites is 2. The molecule has 0 N–H and O–H groups in total. The molecule has 4 heterocycles. The third-order valence-corrected chi connectivity index (χ3v) is 5.55. The molecule has 122 valence electrons. The zero-order valence-corrected chi connectivity index (χ0v) is 14.4. The van der Waals surface area contributed by atoms with Crippen molar-refractivity contribution in [2.24, 2.45) is 0 Å². The number of aryl methyl sites for hydroxylation is 1. The molecule has 5 heteroatoms. The van der Waals surface area contributed by atoms with E-state index in [-0.39, 0.29) is 5.66 Å². The molecule has 1 aliphatic heterocycles. The molecule has 1 aliphatic rings. The summed E-state index contributed by atoms with van der Waals surface area (Å²) in [6, 6.07) is 12.7. The maximum atomic E-state index is 5.01. The second-order valence-electron chi connectivity index (χ2n) is 7.31. The van der Waals surface area contributed by atoms with Crippen molar-refractivity contribution in [2.75, 3.05) is 0 Å². The summed E-state index contributed by atoms with van der Waals surface area (Å²) in [6.45, 7) is 6.64. The first-order valence-electron chi connectivity index (χ1n) is 8.55. The fourth-order valence-electron chi connectivity index (χ4n) is 4.50. The first-order chi connectivity index (χ1) is 12.1. The summed E-state index contributed by atoms with van der Waals surface area (Å²) >= 11 is 0. The predicted octanol–water partition coefficient (Wildman–Crippen LogP) is 4.17. The van der Waals surface area contributed by atoms with E-state index in [0.717, 1.165) is 22.6 Å². The zero-order chi connectivity index (χ0) is 16.9. The van der Waals surface area contributed by atoms with Crippen molar-refractivity contribution < 1.29 is 0 Å². The Bertz CT molecular complexity index is 1330. The molecule has 0 spiro atoms. The van der Waals surface area contributed by atoms with Gasteiger partial charge in [0.1, 0.15) is 11.5 Å². The third-order valence-electron chi connectivity index (χ3n) is 5.55. The highest BCUT2D eigenvalue weighted by Gasteiger charge is 2.38. The molecule has 0 aliphatic carbocycles. The molecule has 0 saturated heterocycles. The van der Waals surface area contributed by atoms with E-state index < -0.39 is 0 Å². The van der Waals surface area contributed by atoms with Crippen molar-refractivity contribution in [1.29, 1.82) is 0 Å². The maximum Gasteiger partial charge on any atom is 0.216 e. The third kappa shape index (κ3) is 1.33. The average molecular weight is 327 g/mol. The van der Waals surface area contributed by atoms with Gasteiger partial charge in [0.15, 0.2) is 0 Å². The van der Waals surface area contributed by atoms with Crippen molar-refractivity contribution in [2.45, 2.75) is 26.4 Å². The van der Waals surface area contributed by atoms with E-state index in [0.29, 0.717) is 0 Å². The van der Waals surface area contributed by atoms with E-state index in [2.05, 4.69) is 75.7 Å². The van der Waals surface area contributed by atoms with Crippen molar-refractivity contribution in [3.63, 3.8) is 0 Å². The van der Waals surface area contributed by atoms with Gasteiger partial charge in [-0.25, -0.2) is 9.97 Å². The summed E-state index contributed by atoms with van der Waals surface area (Å²) in [4.78, 5) is 9.66. The van der Waals surface area contributed by atoms with Crippen LogP contribution in [-0.4, -0.2) is 23.5 Å². The number of nitrogens with zero attached hydrogens (tertiary/aromatic N) is 5. The summed E-state index contributed by atoms with van der Waals surface area (Å²) in [5.74, 6) is 2.01. The molecule has 0 radical (unpaired) electrons. The minimum atomic E-state index is -0.305. The highest BCUT2D eigenvalue weighted by molar-refractivity contribution is 5.98. The van der Waals surface area contributed by atoms with E-state index in [9.17, 15) is 0 Å². The Morgan fingerprint density at radius 3 is 2.68 bits per heavy atom. The van der Waals surface area contributed by atoms with Crippen LogP contribution in [0.3, 0.4) is 0 Å². The van der Waals surface area contributed by atoms with Crippen molar-refractivity contribution >= 4 is 27.8 Å². The molecule has 0 unspecified atom stereocenters. The molecule has 2 aromatic carbocycles. The molecule has 5 aromatic rings. The van der Waals surface area contributed by atoms with Crippen LogP contribution in [0, 0.1) is 6.92 Å². The summed E-state index contributed by atoms with van der Waals surface area (Å²) in [5.41, 5.74) is 6.73. The fraction of sp³-hybridized carbons (Fsp3) is 0.200. The van der Waals surface area contributed by atoms with Gasteiger partial charge >= 0.3 is 0 Å². The Labute approximate surface area is 144 Å². The molecule has 5 nitrogen and oxygen atoms in total. The van der Waals surface area contributed by atoms with E-state index >= 15 is 0 Å². The van der Waals surface area contributed by atoms with Crippen LogP contribution in [0.15, 0.2) is 48.8 Å². The molecule has 0 bridgehead atoms. The summed E-state index contributed by atoms with van der Waals surface area (Å²) in [5, 5.41) is 0. The summed E-state index contributed by atoms with van der Waals surface area (Å²) in [6.07, 6.45) is 3.91. The van der Waals surface area contributed by atoms with Gasteiger partial charge in [-0.05, 0) is 44.5 Å². The van der Waals surface area contributed by atoms with Crippen LogP contribution in [0.25, 0.3) is 39.2 Å². The van der Waals surface area contributed by atoms with Crippen LogP contribution in [-0.2, 0) is 5.66 Å². The number of benzene rings is 2. The molecule has 3 aromatic heterocycles. The molecular formula is C20H17N5. The molecule has 0 saturated carbocycles. The van der Waals surface area contributed by atoms with Crippen molar-refractivity contribution in [3.05, 3.63) is 54.4 Å². The number of hydrogen-bond acceptors (Lipinski definition) is 2. The van der Waals surface area contributed by atoms with Gasteiger partial charge in [0.25, 0.3) is 0 Å². The molecular weight excluding hydrogens is 310 g/mol. The minimum absolute atomic E-state index is 0.305. The van der Waals surface area contributed by atoms with E-state index in [4.69, 9.17) is 4.98 Å². The average Bonchev–Trinajstić information content (AvgIpc) is 3.25. The normalized spacial score (nSPS) is 15.3. The lowest BCUT2D eigenvalue weighted by atomic mass is 10.0. The monoisotopic (exact) mass is 327 g/mol. The number of imidazole rings is 3. The van der Waals surface area contributed by atoms with Crippen molar-refractivity contribution in [1.82, 2.24) is 23.5 Å². The second-order valence-corrected chi connectivity index (χ2v) is 7.31. The lowest BCUT2D eigenvalue weighted by Crippen LogP contribution is -2.38. The maximum absolute atomic E-state index is 5.01. The van der Waals surface area contributed by atoms with Crippen LogP contribution < -0.4 is 0 Å². The first kappa shape index (κ1) is 13.2. The highest BCUT2D eigenvalue weighted by Crippen LogP contribution is 2.44. The van der Waals surface area contributed by atoms with Crippen LogP contribution in [0.5, 0.6) is 0 Å². The van der Waals surface area contributed by atoms with E-state index in [1.165, 1.54) is 22.2 Å². The summed E-state index contributed by atoms with van der Waals surface area (Å²) in [7, 11) is 0. The Hall–Kier alpha value is -3.08. The number of hydrogen-bond donors (Lipinski definition) is 0. The molecule has 0 atom stereocenters.